The van der Waals surface area contributed by atoms with E-state index in [1.807, 2.05) is 11.0 Å². The summed E-state index contributed by atoms with van der Waals surface area (Å²) in [7, 11) is 0. The molecule has 3 aliphatic heterocycles. The van der Waals surface area contributed by atoms with Gasteiger partial charge in [-0.25, -0.2) is 4.39 Å². The number of hydrogen-bond donors (Lipinski definition) is 1. The van der Waals surface area contributed by atoms with E-state index in [4.69, 9.17) is 0 Å². The van der Waals surface area contributed by atoms with Crippen molar-refractivity contribution in [1.82, 2.24) is 4.90 Å². The van der Waals surface area contributed by atoms with Crippen LogP contribution in [0.4, 0.5) is 15.8 Å². The summed E-state index contributed by atoms with van der Waals surface area (Å²) in [5, 5.41) is 9.81. The van der Waals surface area contributed by atoms with Crippen molar-refractivity contribution in [3.05, 3.63) is 24.0 Å². The van der Waals surface area contributed by atoms with Crippen LogP contribution < -0.4 is 9.80 Å². The highest BCUT2D eigenvalue weighted by molar-refractivity contribution is 5.94. The van der Waals surface area contributed by atoms with Crippen molar-refractivity contribution in [3.8, 4) is 0 Å². The molecule has 1 unspecified atom stereocenters. The molecule has 6 nitrogen and oxygen atoms in total. The second-order valence-electron chi connectivity index (χ2n) is 10.2. The van der Waals surface area contributed by atoms with E-state index in [1.165, 1.54) is 6.07 Å². The highest BCUT2D eigenvalue weighted by atomic mass is 19.1. The van der Waals surface area contributed by atoms with Gasteiger partial charge in [0, 0.05) is 44.3 Å². The molecule has 4 aliphatic rings. The van der Waals surface area contributed by atoms with E-state index in [2.05, 4.69) is 4.90 Å². The zero-order valence-corrected chi connectivity index (χ0v) is 18.8. The minimum atomic E-state index is -0.428. The van der Waals surface area contributed by atoms with Crippen molar-refractivity contribution in [2.24, 2.45) is 5.41 Å². The average Bonchev–Trinajstić information content (AvgIpc) is 3.10. The van der Waals surface area contributed by atoms with E-state index >= 15 is 4.39 Å². The minimum Gasteiger partial charge on any atom is -0.393 e. The van der Waals surface area contributed by atoms with E-state index in [0.29, 0.717) is 30.9 Å². The molecule has 4 fully saturated rings. The van der Waals surface area contributed by atoms with Crippen LogP contribution in [0.5, 0.6) is 0 Å². The molecule has 1 N–H and O–H groups in total. The lowest BCUT2D eigenvalue weighted by molar-refractivity contribution is -0.139. The van der Waals surface area contributed by atoms with Crippen molar-refractivity contribution in [2.45, 2.75) is 76.4 Å². The van der Waals surface area contributed by atoms with Crippen LogP contribution in [-0.4, -0.2) is 60.1 Å². The van der Waals surface area contributed by atoms with Crippen molar-refractivity contribution >= 4 is 23.2 Å². The lowest BCUT2D eigenvalue weighted by Gasteiger charge is -2.41. The number of piperidine rings is 2. The van der Waals surface area contributed by atoms with E-state index in [1.54, 1.807) is 11.0 Å². The fraction of sp³-hybridized carbons (Fsp3) is 0.680. The van der Waals surface area contributed by atoms with E-state index < -0.39 is 5.41 Å². The van der Waals surface area contributed by atoms with Gasteiger partial charge in [0.2, 0.25) is 11.8 Å². The average molecular weight is 444 g/mol. The molecule has 0 aromatic heterocycles. The summed E-state index contributed by atoms with van der Waals surface area (Å²) in [6.07, 6.45) is 7.98. The molecule has 0 bridgehead atoms. The predicted octanol–water partition coefficient (Wildman–Crippen LogP) is 3.47. The quantitative estimate of drug-likeness (QED) is 0.777. The van der Waals surface area contributed by atoms with Crippen molar-refractivity contribution in [1.29, 1.82) is 0 Å². The highest BCUT2D eigenvalue weighted by Gasteiger charge is 2.50. The molecule has 174 valence electrons. The van der Waals surface area contributed by atoms with Gasteiger partial charge in [-0.1, -0.05) is 0 Å². The molecule has 3 saturated heterocycles. The first-order valence-corrected chi connectivity index (χ1v) is 12.3. The van der Waals surface area contributed by atoms with Gasteiger partial charge in [0.1, 0.15) is 5.82 Å². The first kappa shape index (κ1) is 21.7. The van der Waals surface area contributed by atoms with Gasteiger partial charge in [-0.15, -0.1) is 0 Å². The molecule has 1 aromatic rings. The Morgan fingerprint density at radius 1 is 0.969 bits per heavy atom. The van der Waals surface area contributed by atoms with E-state index in [9.17, 15) is 14.7 Å². The summed E-state index contributed by atoms with van der Waals surface area (Å²) in [6.45, 7) is 2.71. The normalized spacial score (nSPS) is 31.6. The molecular formula is C25H34FN3O3. The maximum absolute atomic E-state index is 15.2. The Balaban J connectivity index is 1.31. The Morgan fingerprint density at radius 3 is 2.53 bits per heavy atom. The summed E-state index contributed by atoms with van der Waals surface area (Å²) in [5.41, 5.74) is 0.733. The third-order valence-electron chi connectivity index (χ3n) is 8.14. The number of halogens is 1. The molecule has 2 amide bonds. The Kier molecular flexibility index (Phi) is 5.86. The van der Waals surface area contributed by atoms with Crippen LogP contribution in [-0.2, 0) is 9.59 Å². The van der Waals surface area contributed by atoms with Crippen LogP contribution >= 0.6 is 0 Å². The number of carbonyl (C=O) groups excluding carboxylic acids is 2. The van der Waals surface area contributed by atoms with Gasteiger partial charge in [0.15, 0.2) is 0 Å². The molecule has 1 aromatic carbocycles. The van der Waals surface area contributed by atoms with Crippen LogP contribution in [0.3, 0.4) is 0 Å². The van der Waals surface area contributed by atoms with Crippen LogP contribution in [0.2, 0.25) is 0 Å². The molecule has 1 atom stereocenters. The van der Waals surface area contributed by atoms with Crippen molar-refractivity contribution in [3.63, 3.8) is 0 Å². The summed E-state index contributed by atoms with van der Waals surface area (Å²) >= 11 is 0. The lowest BCUT2D eigenvalue weighted by atomic mass is 9.78. The Labute approximate surface area is 189 Å². The number of carbonyl (C=O) groups is 2. The molecule has 1 spiro atoms. The number of hydrogen-bond acceptors (Lipinski definition) is 4. The second-order valence-corrected chi connectivity index (χ2v) is 10.2. The van der Waals surface area contributed by atoms with E-state index in [-0.39, 0.29) is 29.8 Å². The maximum Gasteiger partial charge on any atom is 0.230 e. The number of nitrogens with zero attached hydrogens (tertiary/aromatic N) is 3. The first-order valence-electron chi connectivity index (χ1n) is 12.3. The van der Waals surface area contributed by atoms with Crippen molar-refractivity contribution in [2.75, 3.05) is 36.0 Å². The number of aliphatic hydroxyl groups is 1. The van der Waals surface area contributed by atoms with Gasteiger partial charge in [0.25, 0.3) is 0 Å². The molecule has 7 heteroatoms. The number of aliphatic hydroxyl groups excluding tert-OH is 1. The number of benzene rings is 1. The Morgan fingerprint density at radius 2 is 1.78 bits per heavy atom. The third kappa shape index (κ3) is 3.89. The number of amides is 2. The molecule has 1 saturated carbocycles. The molecule has 32 heavy (non-hydrogen) atoms. The van der Waals surface area contributed by atoms with Crippen LogP contribution in [0, 0.1) is 11.2 Å². The minimum absolute atomic E-state index is 0.0622. The first-order chi connectivity index (χ1) is 15.5. The lowest BCUT2D eigenvalue weighted by Crippen LogP contribution is -2.50. The molecule has 0 radical (unpaired) electrons. The smallest absolute Gasteiger partial charge is 0.230 e. The molecule has 3 heterocycles. The molecule has 1 aliphatic carbocycles. The summed E-state index contributed by atoms with van der Waals surface area (Å²) in [4.78, 5) is 31.5. The van der Waals surface area contributed by atoms with Gasteiger partial charge >= 0.3 is 0 Å². The van der Waals surface area contributed by atoms with Crippen molar-refractivity contribution < 1.29 is 19.1 Å². The van der Waals surface area contributed by atoms with Gasteiger partial charge in [-0.05, 0) is 76.0 Å². The topological polar surface area (TPSA) is 64.1 Å². The second kappa shape index (κ2) is 8.65. The zero-order valence-electron chi connectivity index (χ0n) is 18.8. The number of rotatable bonds is 3. The van der Waals surface area contributed by atoms with Crippen LogP contribution in [0.15, 0.2) is 18.2 Å². The standard InChI is InChI=1S/C25H34FN3O3/c26-21-16-19(28-14-2-1-4-23(28)31)7-10-22(21)27-13-3-11-25(17-27)12-15-29(24(25)32)18-5-8-20(30)9-6-18/h7,10,16,18,20,30H,1-6,8-9,11-15,17H2. The van der Waals surface area contributed by atoms with Gasteiger partial charge in [-0.3, -0.25) is 9.59 Å². The largest absolute Gasteiger partial charge is 0.393 e. The SMILES string of the molecule is O=C1CCCCN1c1ccc(N2CCCC3(CCN(C4CCC(O)CC4)C3=O)C2)c(F)c1. The maximum atomic E-state index is 15.2. The highest BCUT2D eigenvalue weighted by Crippen LogP contribution is 2.44. The number of likely N-dealkylation sites (tertiary alicyclic amines) is 1. The van der Waals surface area contributed by atoms with Gasteiger partial charge in [0.05, 0.1) is 17.2 Å². The fourth-order valence-electron chi connectivity index (χ4n) is 6.28. The fourth-order valence-corrected chi connectivity index (χ4v) is 6.28. The van der Waals surface area contributed by atoms with Gasteiger partial charge < -0.3 is 19.8 Å². The predicted molar refractivity (Wildman–Crippen MR) is 121 cm³/mol. The van der Waals surface area contributed by atoms with E-state index in [0.717, 1.165) is 70.9 Å². The summed E-state index contributed by atoms with van der Waals surface area (Å²) in [6, 6.07) is 5.35. The molecular weight excluding hydrogens is 409 g/mol. The third-order valence-corrected chi connectivity index (χ3v) is 8.14. The zero-order chi connectivity index (χ0) is 22.3. The van der Waals surface area contributed by atoms with Gasteiger partial charge in [-0.2, -0.15) is 0 Å². The monoisotopic (exact) mass is 443 g/mol. The van der Waals surface area contributed by atoms with Crippen LogP contribution in [0.1, 0.15) is 64.2 Å². The van der Waals surface area contributed by atoms with Crippen LogP contribution in [0.25, 0.3) is 0 Å². The summed E-state index contributed by atoms with van der Waals surface area (Å²) < 4.78 is 15.2. The summed E-state index contributed by atoms with van der Waals surface area (Å²) in [5.74, 6) is -0.0341. The number of anilines is 2. The Hall–Kier alpha value is -2.15. The Bertz CT molecular complexity index is 885. The molecule has 5 rings (SSSR count).